The molecule has 0 aliphatic heterocycles. The standard InChI is InChI=1S/C15H24N4O3S.HI/c1-11(8-9-23(3,21)22)19-15(17-2)18-10-12-4-6-13(7-5-12)14(16)20;/h4-7,11H,8-10H2,1-3H3,(H2,16,20)(H2,17,18,19);1H. The molecule has 0 aliphatic rings. The lowest BCUT2D eigenvalue weighted by molar-refractivity contribution is 0.100. The van der Waals surface area contributed by atoms with Gasteiger partial charge in [0.1, 0.15) is 9.84 Å². The molecule has 0 bridgehead atoms. The molecule has 0 radical (unpaired) electrons. The molecular formula is C15H25IN4O3S. The van der Waals surface area contributed by atoms with E-state index in [1.165, 1.54) is 6.26 Å². The van der Waals surface area contributed by atoms with E-state index in [-0.39, 0.29) is 35.8 Å². The molecule has 0 spiro atoms. The highest BCUT2D eigenvalue weighted by Crippen LogP contribution is 2.03. The van der Waals surface area contributed by atoms with Crippen molar-refractivity contribution in [3.63, 3.8) is 0 Å². The summed E-state index contributed by atoms with van der Waals surface area (Å²) in [4.78, 5) is 15.1. The number of sulfone groups is 1. The molecule has 4 N–H and O–H groups in total. The van der Waals surface area contributed by atoms with Crippen molar-refractivity contribution in [2.75, 3.05) is 19.1 Å². The van der Waals surface area contributed by atoms with Gasteiger partial charge in [0.05, 0.1) is 5.75 Å². The zero-order chi connectivity index (χ0) is 17.5. The van der Waals surface area contributed by atoms with Gasteiger partial charge in [-0.25, -0.2) is 8.42 Å². The second kappa shape index (κ2) is 10.5. The number of halogens is 1. The summed E-state index contributed by atoms with van der Waals surface area (Å²) in [6.45, 7) is 2.43. The Morgan fingerprint density at radius 2 is 1.88 bits per heavy atom. The van der Waals surface area contributed by atoms with Crippen LogP contribution < -0.4 is 16.4 Å². The lowest BCUT2D eigenvalue weighted by Crippen LogP contribution is -2.42. The number of primary amides is 1. The van der Waals surface area contributed by atoms with Crippen molar-refractivity contribution in [3.05, 3.63) is 35.4 Å². The summed E-state index contributed by atoms with van der Waals surface area (Å²) in [6, 6.07) is 6.95. The van der Waals surface area contributed by atoms with Crippen molar-refractivity contribution in [2.24, 2.45) is 10.7 Å². The molecule has 0 saturated carbocycles. The van der Waals surface area contributed by atoms with Gasteiger partial charge in [0.2, 0.25) is 5.91 Å². The summed E-state index contributed by atoms with van der Waals surface area (Å²) in [7, 11) is -1.32. The van der Waals surface area contributed by atoms with Gasteiger partial charge in [0.15, 0.2) is 5.96 Å². The molecule has 1 unspecified atom stereocenters. The average molecular weight is 468 g/mol. The van der Waals surface area contributed by atoms with Gasteiger partial charge in [-0.05, 0) is 31.0 Å². The van der Waals surface area contributed by atoms with Crippen LogP contribution in [-0.4, -0.2) is 45.4 Å². The zero-order valence-electron chi connectivity index (χ0n) is 14.1. The number of benzene rings is 1. The van der Waals surface area contributed by atoms with Crippen LogP contribution in [0.5, 0.6) is 0 Å². The number of rotatable bonds is 7. The minimum Gasteiger partial charge on any atom is -0.366 e. The molecule has 0 saturated heterocycles. The fraction of sp³-hybridized carbons (Fsp3) is 0.467. The Morgan fingerprint density at radius 1 is 1.29 bits per heavy atom. The van der Waals surface area contributed by atoms with Crippen LogP contribution in [-0.2, 0) is 16.4 Å². The number of hydrogen-bond donors (Lipinski definition) is 3. The Morgan fingerprint density at radius 3 is 2.33 bits per heavy atom. The van der Waals surface area contributed by atoms with Gasteiger partial charge in [-0.1, -0.05) is 12.1 Å². The molecule has 0 heterocycles. The highest BCUT2D eigenvalue weighted by molar-refractivity contribution is 14.0. The van der Waals surface area contributed by atoms with Crippen molar-refractivity contribution in [1.82, 2.24) is 10.6 Å². The molecule has 0 aliphatic carbocycles. The second-order valence-corrected chi connectivity index (χ2v) is 7.71. The van der Waals surface area contributed by atoms with Crippen molar-refractivity contribution in [2.45, 2.75) is 25.9 Å². The number of carbonyl (C=O) groups excluding carboxylic acids is 1. The maximum Gasteiger partial charge on any atom is 0.248 e. The topological polar surface area (TPSA) is 114 Å². The van der Waals surface area contributed by atoms with Crippen molar-refractivity contribution in [1.29, 1.82) is 0 Å². The molecule has 1 rings (SSSR count). The molecule has 136 valence electrons. The van der Waals surface area contributed by atoms with Crippen LogP contribution in [0.4, 0.5) is 0 Å². The number of nitrogens with one attached hydrogen (secondary N) is 2. The first kappa shape index (κ1) is 22.6. The van der Waals surface area contributed by atoms with Gasteiger partial charge in [0, 0.05) is 31.5 Å². The first-order chi connectivity index (χ1) is 10.7. The predicted molar refractivity (Wildman–Crippen MR) is 107 cm³/mol. The van der Waals surface area contributed by atoms with Crippen LogP contribution >= 0.6 is 24.0 Å². The largest absolute Gasteiger partial charge is 0.366 e. The fourth-order valence-electron chi connectivity index (χ4n) is 1.86. The van der Waals surface area contributed by atoms with Gasteiger partial charge in [0.25, 0.3) is 0 Å². The number of hydrogen-bond acceptors (Lipinski definition) is 4. The molecule has 1 atom stereocenters. The van der Waals surface area contributed by atoms with Crippen LogP contribution in [0.1, 0.15) is 29.3 Å². The number of amides is 1. The molecule has 7 nitrogen and oxygen atoms in total. The van der Waals surface area contributed by atoms with Gasteiger partial charge >= 0.3 is 0 Å². The van der Waals surface area contributed by atoms with Crippen LogP contribution in [0.2, 0.25) is 0 Å². The summed E-state index contributed by atoms with van der Waals surface area (Å²) in [5, 5.41) is 6.28. The molecule has 1 amide bonds. The average Bonchev–Trinajstić information content (AvgIpc) is 2.49. The smallest absolute Gasteiger partial charge is 0.248 e. The van der Waals surface area contributed by atoms with E-state index in [9.17, 15) is 13.2 Å². The molecule has 0 aromatic heterocycles. The van der Waals surface area contributed by atoms with Gasteiger partial charge < -0.3 is 16.4 Å². The van der Waals surface area contributed by atoms with E-state index >= 15 is 0 Å². The predicted octanol–water partition coefficient (Wildman–Crippen LogP) is 0.892. The third-order valence-corrected chi connectivity index (χ3v) is 4.20. The molecule has 9 heteroatoms. The molecule has 1 aromatic carbocycles. The summed E-state index contributed by atoms with van der Waals surface area (Å²) in [5.74, 6) is 0.263. The summed E-state index contributed by atoms with van der Waals surface area (Å²) in [5.41, 5.74) is 6.63. The lowest BCUT2D eigenvalue weighted by Gasteiger charge is -2.17. The molecular weight excluding hydrogens is 443 g/mol. The SMILES string of the molecule is CN=C(NCc1ccc(C(N)=O)cc1)NC(C)CCS(C)(=O)=O.I. The minimum absolute atomic E-state index is 0. The monoisotopic (exact) mass is 468 g/mol. The normalized spacial score (nSPS) is 12.9. The number of nitrogens with zero attached hydrogens (tertiary/aromatic N) is 1. The zero-order valence-corrected chi connectivity index (χ0v) is 17.2. The lowest BCUT2D eigenvalue weighted by atomic mass is 10.1. The first-order valence-corrected chi connectivity index (χ1v) is 9.31. The van der Waals surface area contributed by atoms with E-state index < -0.39 is 15.7 Å². The van der Waals surface area contributed by atoms with Crippen molar-refractivity contribution < 1.29 is 13.2 Å². The second-order valence-electron chi connectivity index (χ2n) is 5.45. The summed E-state index contributed by atoms with van der Waals surface area (Å²) < 4.78 is 22.3. The maximum absolute atomic E-state index is 11.2. The van der Waals surface area contributed by atoms with Crippen LogP contribution in [0, 0.1) is 0 Å². The summed E-state index contributed by atoms with van der Waals surface area (Å²) >= 11 is 0. The highest BCUT2D eigenvalue weighted by Gasteiger charge is 2.09. The Bertz CT molecular complexity index is 660. The number of guanidine groups is 1. The maximum atomic E-state index is 11.2. The van der Waals surface area contributed by atoms with Crippen LogP contribution in [0.15, 0.2) is 29.3 Å². The molecule has 0 fully saturated rings. The molecule has 24 heavy (non-hydrogen) atoms. The van der Waals surface area contributed by atoms with E-state index in [2.05, 4.69) is 15.6 Å². The fourth-order valence-corrected chi connectivity index (χ4v) is 2.65. The molecule has 1 aromatic rings. The first-order valence-electron chi connectivity index (χ1n) is 7.25. The third kappa shape index (κ3) is 9.06. The van der Waals surface area contributed by atoms with Crippen LogP contribution in [0.3, 0.4) is 0 Å². The Kier molecular flexibility index (Phi) is 9.90. The highest BCUT2D eigenvalue weighted by atomic mass is 127. The van der Waals surface area contributed by atoms with Crippen molar-refractivity contribution in [3.8, 4) is 0 Å². The van der Waals surface area contributed by atoms with Crippen molar-refractivity contribution >= 4 is 45.7 Å². The Hall–Kier alpha value is -1.36. The van der Waals surface area contributed by atoms with Gasteiger partial charge in [-0.2, -0.15) is 0 Å². The van der Waals surface area contributed by atoms with Crippen LogP contribution in [0.25, 0.3) is 0 Å². The van der Waals surface area contributed by atoms with E-state index in [1.54, 1.807) is 19.2 Å². The minimum atomic E-state index is -2.97. The van der Waals surface area contributed by atoms with E-state index in [0.29, 0.717) is 24.5 Å². The third-order valence-electron chi connectivity index (χ3n) is 3.23. The number of nitrogens with two attached hydrogens (primary N) is 1. The number of carbonyl (C=O) groups is 1. The quantitative estimate of drug-likeness (QED) is 0.313. The summed E-state index contributed by atoms with van der Waals surface area (Å²) in [6.07, 6.45) is 1.73. The van der Waals surface area contributed by atoms with Gasteiger partial charge in [-0.3, -0.25) is 9.79 Å². The Labute approximate surface area is 160 Å². The Balaban J connectivity index is 0.00000529. The van der Waals surface area contributed by atoms with E-state index in [1.807, 2.05) is 19.1 Å². The number of aliphatic imine (C=N–C) groups is 1. The van der Waals surface area contributed by atoms with E-state index in [4.69, 9.17) is 5.73 Å². The van der Waals surface area contributed by atoms with E-state index in [0.717, 1.165) is 5.56 Å². The van der Waals surface area contributed by atoms with Gasteiger partial charge in [-0.15, -0.1) is 24.0 Å².